The van der Waals surface area contributed by atoms with Crippen LogP contribution in [0.3, 0.4) is 0 Å². The molecule has 0 amide bonds. The molecular weight excluding hydrogens is 304 g/mol. The Labute approximate surface area is 131 Å². The van der Waals surface area contributed by atoms with Crippen LogP contribution in [0.2, 0.25) is 0 Å². The third-order valence-corrected chi connectivity index (χ3v) is 7.59. The van der Waals surface area contributed by atoms with Crippen molar-refractivity contribution in [3.8, 4) is 0 Å². The summed E-state index contributed by atoms with van der Waals surface area (Å²) in [5.74, 6) is 0. The fraction of sp³-hybridized carbons (Fsp3) is 0.733. The summed E-state index contributed by atoms with van der Waals surface area (Å²) in [4.78, 5) is 1.45. The third kappa shape index (κ3) is 3.50. The Bertz CT molecular complexity index is 614. The lowest BCUT2D eigenvalue weighted by molar-refractivity contribution is 0.475. The van der Waals surface area contributed by atoms with Crippen LogP contribution in [0, 0.1) is 12.3 Å². The summed E-state index contributed by atoms with van der Waals surface area (Å²) in [5, 5.41) is 5.36. The Balaban J connectivity index is 1.72. The van der Waals surface area contributed by atoms with E-state index in [2.05, 4.69) is 17.0 Å². The third-order valence-electron chi connectivity index (χ3n) is 4.73. The Hall–Kier alpha value is -0.430. The van der Waals surface area contributed by atoms with E-state index in [9.17, 15) is 8.42 Å². The maximum atomic E-state index is 12.7. The van der Waals surface area contributed by atoms with Gasteiger partial charge in [-0.1, -0.05) is 6.92 Å². The molecule has 3 rings (SSSR count). The van der Waals surface area contributed by atoms with E-state index in [0.29, 0.717) is 24.0 Å². The van der Waals surface area contributed by atoms with Gasteiger partial charge in [-0.2, -0.15) is 0 Å². The maximum Gasteiger partial charge on any atom is 0.242 e. The second kappa shape index (κ2) is 5.65. The largest absolute Gasteiger partial charge is 0.309 e. The first-order chi connectivity index (χ1) is 9.96. The molecule has 0 atom stereocenters. The van der Waals surface area contributed by atoms with Crippen LogP contribution >= 0.6 is 11.3 Å². The average Bonchev–Trinajstić information content (AvgIpc) is 3.35. The highest BCUT2D eigenvalue weighted by molar-refractivity contribution is 7.89. The fourth-order valence-electron chi connectivity index (χ4n) is 2.65. The van der Waals surface area contributed by atoms with Gasteiger partial charge in [0.25, 0.3) is 0 Å². The summed E-state index contributed by atoms with van der Waals surface area (Å²) in [6.45, 7) is 5.27. The van der Waals surface area contributed by atoms with Crippen molar-refractivity contribution < 1.29 is 8.42 Å². The van der Waals surface area contributed by atoms with E-state index in [1.807, 2.05) is 12.3 Å². The predicted molar refractivity (Wildman–Crippen MR) is 86.1 cm³/mol. The van der Waals surface area contributed by atoms with Gasteiger partial charge < -0.3 is 5.32 Å². The van der Waals surface area contributed by atoms with E-state index in [1.165, 1.54) is 12.8 Å². The molecule has 1 heterocycles. The lowest BCUT2D eigenvalue weighted by atomic mass is 10.1. The Kier molecular flexibility index (Phi) is 4.16. The summed E-state index contributed by atoms with van der Waals surface area (Å²) in [7, 11) is -3.39. The minimum absolute atomic E-state index is 0.226. The number of sulfonamides is 1. The Morgan fingerprint density at radius 2 is 2.10 bits per heavy atom. The van der Waals surface area contributed by atoms with Gasteiger partial charge in [-0.05, 0) is 55.4 Å². The van der Waals surface area contributed by atoms with E-state index < -0.39 is 10.0 Å². The molecule has 6 heteroatoms. The van der Waals surface area contributed by atoms with Gasteiger partial charge in [0.1, 0.15) is 4.90 Å². The van der Waals surface area contributed by atoms with Crippen molar-refractivity contribution in [2.45, 2.75) is 63.4 Å². The van der Waals surface area contributed by atoms with E-state index in [1.54, 1.807) is 11.3 Å². The van der Waals surface area contributed by atoms with Gasteiger partial charge in [-0.15, -0.1) is 11.3 Å². The van der Waals surface area contributed by atoms with Gasteiger partial charge in [0, 0.05) is 24.0 Å². The van der Waals surface area contributed by atoms with E-state index >= 15 is 0 Å². The molecule has 0 radical (unpaired) electrons. The molecule has 1 aromatic rings. The van der Waals surface area contributed by atoms with Crippen LogP contribution < -0.4 is 10.0 Å². The number of rotatable bonds is 8. The number of thiophene rings is 1. The molecular formula is C15H24N2O2S2. The summed E-state index contributed by atoms with van der Waals surface area (Å²) >= 11 is 1.55. The summed E-state index contributed by atoms with van der Waals surface area (Å²) in [6.07, 6.45) is 5.76. The van der Waals surface area contributed by atoms with Crippen molar-refractivity contribution in [2.24, 2.45) is 5.41 Å². The van der Waals surface area contributed by atoms with Gasteiger partial charge >= 0.3 is 0 Å². The minimum Gasteiger partial charge on any atom is -0.309 e. The van der Waals surface area contributed by atoms with Crippen LogP contribution in [0.25, 0.3) is 0 Å². The molecule has 0 aliphatic heterocycles. The van der Waals surface area contributed by atoms with Gasteiger partial charge in [0.2, 0.25) is 10.0 Å². The molecule has 1 aromatic heterocycles. The summed E-state index contributed by atoms with van der Waals surface area (Å²) in [6, 6.07) is 0.589. The van der Waals surface area contributed by atoms with Crippen LogP contribution in [-0.2, 0) is 16.6 Å². The van der Waals surface area contributed by atoms with Crippen molar-refractivity contribution >= 4 is 21.4 Å². The average molecular weight is 329 g/mol. The van der Waals surface area contributed by atoms with Crippen LogP contribution in [-0.4, -0.2) is 21.0 Å². The zero-order valence-corrected chi connectivity index (χ0v) is 14.4. The van der Waals surface area contributed by atoms with Crippen molar-refractivity contribution in [1.82, 2.24) is 10.0 Å². The highest BCUT2D eigenvalue weighted by Gasteiger charge is 2.41. The van der Waals surface area contributed by atoms with E-state index in [0.717, 1.165) is 29.7 Å². The van der Waals surface area contributed by atoms with Gasteiger partial charge in [-0.25, -0.2) is 13.1 Å². The second-order valence-electron chi connectivity index (χ2n) is 6.50. The molecule has 118 valence electrons. The van der Waals surface area contributed by atoms with E-state index in [-0.39, 0.29) is 5.41 Å². The summed E-state index contributed by atoms with van der Waals surface area (Å²) in [5.41, 5.74) is 1.09. The molecule has 0 bridgehead atoms. The molecule has 0 aromatic carbocycles. The Morgan fingerprint density at radius 1 is 1.38 bits per heavy atom. The summed E-state index contributed by atoms with van der Waals surface area (Å²) < 4.78 is 28.2. The lowest BCUT2D eigenvalue weighted by Gasteiger charge is -2.15. The zero-order valence-electron chi connectivity index (χ0n) is 12.7. The van der Waals surface area contributed by atoms with Crippen LogP contribution in [0.1, 0.15) is 49.5 Å². The smallest absolute Gasteiger partial charge is 0.242 e. The first kappa shape index (κ1) is 15.5. The van der Waals surface area contributed by atoms with Crippen molar-refractivity contribution in [3.63, 3.8) is 0 Å². The molecule has 2 aliphatic carbocycles. The number of hydrogen-bond acceptors (Lipinski definition) is 4. The normalized spacial score (nSPS) is 20.7. The number of nitrogens with one attached hydrogen (secondary N) is 2. The second-order valence-corrected chi connectivity index (χ2v) is 9.17. The lowest BCUT2D eigenvalue weighted by Crippen LogP contribution is -2.31. The van der Waals surface area contributed by atoms with Gasteiger partial charge in [0.05, 0.1) is 0 Å². The number of hydrogen-bond donors (Lipinski definition) is 2. The Morgan fingerprint density at radius 3 is 2.67 bits per heavy atom. The standard InChI is InChI=1S/C15H24N2O2S2/c1-3-15(6-7-15)10-17-21(18,19)14-11(2)9-20-13(14)8-16-12-4-5-12/h9,12,16-17H,3-8,10H2,1-2H3. The van der Waals surface area contributed by atoms with Gasteiger partial charge in [-0.3, -0.25) is 0 Å². The molecule has 2 fully saturated rings. The molecule has 2 N–H and O–H groups in total. The molecule has 0 spiro atoms. The van der Waals surface area contributed by atoms with Crippen molar-refractivity contribution in [2.75, 3.05) is 6.54 Å². The van der Waals surface area contributed by atoms with Gasteiger partial charge in [0.15, 0.2) is 0 Å². The fourth-order valence-corrected chi connectivity index (χ4v) is 5.56. The molecule has 0 saturated heterocycles. The topological polar surface area (TPSA) is 58.2 Å². The van der Waals surface area contributed by atoms with Crippen LogP contribution in [0.5, 0.6) is 0 Å². The predicted octanol–water partition coefficient (Wildman–Crippen LogP) is 2.78. The van der Waals surface area contributed by atoms with Crippen LogP contribution in [0.15, 0.2) is 10.3 Å². The highest BCUT2D eigenvalue weighted by atomic mass is 32.2. The molecule has 0 unspecified atom stereocenters. The zero-order chi connectivity index (χ0) is 15.1. The monoisotopic (exact) mass is 328 g/mol. The molecule has 2 saturated carbocycles. The van der Waals surface area contributed by atoms with Crippen LogP contribution in [0.4, 0.5) is 0 Å². The quantitative estimate of drug-likeness (QED) is 0.771. The number of aryl methyl sites for hydroxylation is 1. The SMILES string of the molecule is CCC1(CNS(=O)(=O)c2c(C)csc2CNC2CC2)CC1. The van der Waals surface area contributed by atoms with Crippen molar-refractivity contribution in [1.29, 1.82) is 0 Å². The molecule has 2 aliphatic rings. The highest BCUT2D eigenvalue weighted by Crippen LogP contribution is 2.48. The first-order valence-corrected chi connectivity index (χ1v) is 10.1. The van der Waals surface area contributed by atoms with E-state index in [4.69, 9.17) is 0 Å². The maximum absolute atomic E-state index is 12.7. The molecule has 21 heavy (non-hydrogen) atoms. The first-order valence-electron chi connectivity index (χ1n) is 7.76. The minimum atomic E-state index is -3.39. The molecule has 4 nitrogen and oxygen atoms in total. The van der Waals surface area contributed by atoms with Crippen molar-refractivity contribution in [3.05, 3.63) is 15.8 Å².